The Kier molecular flexibility index (Phi) is 6.83. The lowest BCUT2D eigenvalue weighted by Crippen LogP contribution is -2.28. The van der Waals surface area contributed by atoms with E-state index < -0.39 is 0 Å². The van der Waals surface area contributed by atoms with Crippen LogP contribution in [0.1, 0.15) is 61.2 Å². The normalized spacial score (nSPS) is 14.1. The molecule has 2 amide bonds. The predicted octanol–water partition coefficient (Wildman–Crippen LogP) is 4.69. The second kappa shape index (κ2) is 9.79. The van der Waals surface area contributed by atoms with Gasteiger partial charge in [-0.25, -0.2) is 0 Å². The summed E-state index contributed by atoms with van der Waals surface area (Å²) in [6, 6.07) is 13.8. The summed E-state index contributed by atoms with van der Waals surface area (Å²) in [7, 11) is 0. The first kappa shape index (κ1) is 23.0. The van der Waals surface area contributed by atoms with Crippen LogP contribution in [-0.4, -0.2) is 32.3 Å². The van der Waals surface area contributed by atoms with E-state index in [1.807, 2.05) is 35.8 Å². The maximum absolute atomic E-state index is 12.7. The topological polar surface area (TPSA) is 88.9 Å². The Hall–Kier alpha value is -3.13. The number of carbonyl (C=O) groups excluding carboxylic acids is 2. The van der Waals surface area contributed by atoms with Gasteiger partial charge in [0.05, 0.1) is 17.5 Å². The third-order valence-corrected chi connectivity index (χ3v) is 6.70. The minimum atomic E-state index is -0.123. The highest BCUT2D eigenvalue weighted by atomic mass is 32.2. The van der Waals surface area contributed by atoms with E-state index in [0.717, 1.165) is 29.9 Å². The molecule has 1 aliphatic carbocycles. The monoisotopic (exact) mass is 463 g/mol. The number of amides is 2. The van der Waals surface area contributed by atoms with Crippen LogP contribution in [0.3, 0.4) is 0 Å². The van der Waals surface area contributed by atoms with Crippen molar-refractivity contribution in [3.8, 4) is 5.69 Å². The average molecular weight is 464 g/mol. The quantitative estimate of drug-likeness (QED) is 0.473. The van der Waals surface area contributed by atoms with Gasteiger partial charge in [-0.3, -0.25) is 14.2 Å². The van der Waals surface area contributed by atoms with Gasteiger partial charge in [0.25, 0.3) is 0 Å². The molecule has 1 aliphatic rings. The zero-order chi connectivity index (χ0) is 23.5. The highest BCUT2D eigenvalue weighted by molar-refractivity contribution is 7.99. The molecule has 7 nitrogen and oxygen atoms in total. The number of aryl methyl sites for hydroxylation is 2. The van der Waals surface area contributed by atoms with E-state index in [4.69, 9.17) is 0 Å². The fourth-order valence-corrected chi connectivity index (χ4v) is 4.45. The van der Waals surface area contributed by atoms with Crippen LogP contribution in [0.5, 0.6) is 0 Å². The van der Waals surface area contributed by atoms with E-state index in [1.165, 1.54) is 29.8 Å². The van der Waals surface area contributed by atoms with Crippen molar-refractivity contribution in [1.82, 2.24) is 20.1 Å². The van der Waals surface area contributed by atoms with Gasteiger partial charge < -0.3 is 10.6 Å². The molecule has 8 heteroatoms. The molecule has 1 saturated carbocycles. The molecule has 0 bridgehead atoms. The standard InChI is InChI=1S/C25H29N5O2S/c1-15-8-9-20(12-16(15)2)17(3)26-23(32)14-33-25-29-28-24(19-10-11-19)30(25)22-7-5-6-21(13-22)27-18(4)31/h5-9,12-13,17,19H,10-11,14H2,1-4H3,(H,26,32)(H,27,31). The summed E-state index contributed by atoms with van der Waals surface area (Å²) in [5, 5.41) is 15.4. The van der Waals surface area contributed by atoms with Crippen molar-refractivity contribution < 1.29 is 9.59 Å². The first-order valence-corrected chi connectivity index (χ1v) is 12.1. The van der Waals surface area contributed by atoms with Crippen LogP contribution in [0.25, 0.3) is 5.69 Å². The van der Waals surface area contributed by atoms with Crippen molar-refractivity contribution >= 4 is 29.3 Å². The summed E-state index contributed by atoms with van der Waals surface area (Å²) >= 11 is 1.37. The number of hydrogen-bond donors (Lipinski definition) is 2. The Balaban J connectivity index is 1.48. The highest BCUT2D eigenvalue weighted by Crippen LogP contribution is 2.41. The van der Waals surface area contributed by atoms with Gasteiger partial charge in [-0.2, -0.15) is 0 Å². The van der Waals surface area contributed by atoms with E-state index in [9.17, 15) is 9.59 Å². The Morgan fingerprint density at radius 2 is 1.91 bits per heavy atom. The van der Waals surface area contributed by atoms with Crippen molar-refractivity contribution in [2.75, 3.05) is 11.1 Å². The third-order valence-electron chi connectivity index (χ3n) is 5.77. The first-order chi connectivity index (χ1) is 15.8. The van der Waals surface area contributed by atoms with Crippen LogP contribution in [-0.2, 0) is 9.59 Å². The zero-order valence-corrected chi connectivity index (χ0v) is 20.2. The maximum atomic E-state index is 12.7. The molecule has 0 spiro atoms. The summed E-state index contributed by atoms with van der Waals surface area (Å²) in [6.07, 6.45) is 2.17. The van der Waals surface area contributed by atoms with Gasteiger partial charge in [0.2, 0.25) is 11.8 Å². The summed E-state index contributed by atoms with van der Waals surface area (Å²) < 4.78 is 2.01. The van der Waals surface area contributed by atoms with Gasteiger partial charge in [-0.15, -0.1) is 10.2 Å². The molecule has 4 rings (SSSR count). The van der Waals surface area contributed by atoms with Crippen molar-refractivity contribution in [2.45, 2.75) is 57.7 Å². The van der Waals surface area contributed by atoms with Gasteiger partial charge in [-0.05, 0) is 68.5 Å². The van der Waals surface area contributed by atoms with E-state index in [-0.39, 0.29) is 23.6 Å². The molecule has 2 N–H and O–H groups in total. The number of aromatic nitrogens is 3. The van der Waals surface area contributed by atoms with Gasteiger partial charge in [0.1, 0.15) is 5.82 Å². The number of thioether (sulfide) groups is 1. The SMILES string of the molecule is CC(=O)Nc1cccc(-n2c(SCC(=O)NC(C)c3ccc(C)c(C)c3)nnc2C2CC2)c1. The van der Waals surface area contributed by atoms with E-state index >= 15 is 0 Å². The van der Waals surface area contributed by atoms with Crippen LogP contribution < -0.4 is 10.6 Å². The largest absolute Gasteiger partial charge is 0.349 e. The van der Waals surface area contributed by atoms with Crippen molar-refractivity contribution in [3.63, 3.8) is 0 Å². The molecule has 33 heavy (non-hydrogen) atoms. The number of nitrogens with one attached hydrogen (secondary N) is 2. The lowest BCUT2D eigenvalue weighted by atomic mass is 10.0. The number of anilines is 1. The third kappa shape index (κ3) is 5.63. The molecular weight excluding hydrogens is 434 g/mol. The summed E-state index contributed by atoms with van der Waals surface area (Å²) in [5.74, 6) is 1.35. The summed E-state index contributed by atoms with van der Waals surface area (Å²) in [5.41, 5.74) is 5.13. The lowest BCUT2D eigenvalue weighted by Gasteiger charge is -2.16. The number of nitrogens with zero attached hydrogens (tertiary/aromatic N) is 3. The van der Waals surface area contributed by atoms with Crippen LogP contribution in [0.4, 0.5) is 5.69 Å². The molecule has 1 atom stereocenters. The average Bonchev–Trinajstić information content (AvgIpc) is 3.53. The number of carbonyl (C=O) groups is 2. The Bertz CT molecular complexity index is 1190. The zero-order valence-electron chi connectivity index (χ0n) is 19.4. The number of rotatable bonds is 8. The molecule has 1 aromatic heterocycles. The minimum Gasteiger partial charge on any atom is -0.349 e. The fourth-order valence-electron chi connectivity index (χ4n) is 3.68. The smallest absolute Gasteiger partial charge is 0.230 e. The molecule has 1 heterocycles. The fraction of sp³-hybridized carbons (Fsp3) is 0.360. The molecule has 0 saturated heterocycles. The molecule has 1 fully saturated rings. The second-order valence-electron chi connectivity index (χ2n) is 8.60. The van der Waals surface area contributed by atoms with Gasteiger partial charge >= 0.3 is 0 Å². The number of hydrogen-bond acceptors (Lipinski definition) is 5. The van der Waals surface area contributed by atoms with Crippen LogP contribution in [0, 0.1) is 13.8 Å². The molecular formula is C25H29N5O2S. The molecule has 0 aliphatic heterocycles. The summed E-state index contributed by atoms with van der Waals surface area (Å²) in [4.78, 5) is 24.2. The van der Waals surface area contributed by atoms with Gasteiger partial charge in [0, 0.05) is 18.5 Å². The Labute approximate surface area is 198 Å². The van der Waals surface area contributed by atoms with Crippen molar-refractivity contribution in [3.05, 3.63) is 65.0 Å². The second-order valence-corrected chi connectivity index (χ2v) is 9.55. The van der Waals surface area contributed by atoms with Gasteiger partial charge in [-0.1, -0.05) is 36.0 Å². The molecule has 2 aromatic carbocycles. The maximum Gasteiger partial charge on any atom is 0.230 e. The molecule has 172 valence electrons. The minimum absolute atomic E-state index is 0.0553. The van der Waals surface area contributed by atoms with Crippen LogP contribution in [0.2, 0.25) is 0 Å². The highest BCUT2D eigenvalue weighted by Gasteiger charge is 2.31. The Morgan fingerprint density at radius 3 is 2.61 bits per heavy atom. The summed E-state index contributed by atoms with van der Waals surface area (Å²) in [6.45, 7) is 7.64. The molecule has 3 aromatic rings. The number of benzene rings is 2. The van der Waals surface area contributed by atoms with Crippen molar-refractivity contribution in [2.24, 2.45) is 0 Å². The van der Waals surface area contributed by atoms with E-state index in [1.54, 1.807) is 0 Å². The van der Waals surface area contributed by atoms with Crippen LogP contribution in [0.15, 0.2) is 47.6 Å². The Morgan fingerprint density at radius 1 is 1.12 bits per heavy atom. The molecule has 1 unspecified atom stereocenters. The van der Waals surface area contributed by atoms with E-state index in [0.29, 0.717) is 16.8 Å². The lowest BCUT2D eigenvalue weighted by molar-refractivity contribution is -0.119. The van der Waals surface area contributed by atoms with Crippen LogP contribution >= 0.6 is 11.8 Å². The predicted molar refractivity (Wildman–Crippen MR) is 131 cm³/mol. The van der Waals surface area contributed by atoms with Crippen molar-refractivity contribution in [1.29, 1.82) is 0 Å². The van der Waals surface area contributed by atoms with E-state index in [2.05, 4.69) is 52.9 Å². The van der Waals surface area contributed by atoms with Gasteiger partial charge in [0.15, 0.2) is 5.16 Å². The first-order valence-electron chi connectivity index (χ1n) is 11.1. The molecule has 0 radical (unpaired) electrons.